The van der Waals surface area contributed by atoms with Gasteiger partial charge in [0.2, 0.25) is 5.91 Å². The summed E-state index contributed by atoms with van der Waals surface area (Å²) in [6, 6.07) is 4.17. The number of nitrogens with one attached hydrogen (secondary N) is 1. The average molecular weight is 236 g/mol. The number of amides is 1. The van der Waals surface area contributed by atoms with Crippen LogP contribution in [0.1, 0.15) is 16.7 Å². The van der Waals surface area contributed by atoms with Crippen molar-refractivity contribution in [2.24, 2.45) is 5.73 Å². The highest BCUT2D eigenvalue weighted by Gasteiger charge is 2.07. The summed E-state index contributed by atoms with van der Waals surface area (Å²) in [4.78, 5) is 11.0. The molecule has 94 valence electrons. The topological polar surface area (TPSA) is 64.3 Å². The summed E-state index contributed by atoms with van der Waals surface area (Å²) in [5, 5.41) is 2.75. The summed E-state index contributed by atoms with van der Waals surface area (Å²) in [6.07, 6.45) is 0.747. The number of methoxy groups -OCH3 is 1. The van der Waals surface area contributed by atoms with Crippen LogP contribution in [0.2, 0.25) is 0 Å². The van der Waals surface area contributed by atoms with E-state index in [1.807, 2.05) is 6.92 Å². The van der Waals surface area contributed by atoms with Gasteiger partial charge >= 0.3 is 0 Å². The molecule has 17 heavy (non-hydrogen) atoms. The van der Waals surface area contributed by atoms with Crippen LogP contribution in [0.3, 0.4) is 0 Å². The van der Waals surface area contributed by atoms with Crippen molar-refractivity contribution < 1.29 is 9.53 Å². The summed E-state index contributed by atoms with van der Waals surface area (Å²) in [7, 11) is 1.67. The Hall–Kier alpha value is -1.55. The molecular weight excluding hydrogens is 216 g/mol. The zero-order valence-corrected chi connectivity index (χ0v) is 10.7. The number of aryl methyl sites for hydroxylation is 2. The molecule has 0 unspecified atom stereocenters. The number of rotatable bonds is 5. The predicted octanol–water partition coefficient (Wildman–Crippen LogP) is 0.929. The van der Waals surface area contributed by atoms with Crippen molar-refractivity contribution in [2.45, 2.75) is 20.3 Å². The summed E-state index contributed by atoms with van der Waals surface area (Å²) in [5.41, 5.74) is 8.65. The van der Waals surface area contributed by atoms with Gasteiger partial charge in [-0.15, -0.1) is 0 Å². The Morgan fingerprint density at radius 2 is 2.12 bits per heavy atom. The van der Waals surface area contributed by atoms with Gasteiger partial charge in [0.1, 0.15) is 5.75 Å². The molecule has 0 aromatic heterocycles. The first-order valence-electron chi connectivity index (χ1n) is 5.69. The molecule has 0 spiro atoms. The van der Waals surface area contributed by atoms with Crippen molar-refractivity contribution in [1.82, 2.24) is 5.32 Å². The van der Waals surface area contributed by atoms with Gasteiger partial charge in [-0.3, -0.25) is 4.79 Å². The molecule has 0 aliphatic heterocycles. The van der Waals surface area contributed by atoms with E-state index in [0.29, 0.717) is 6.54 Å². The van der Waals surface area contributed by atoms with Crippen LogP contribution in [0, 0.1) is 13.8 Å². The van der Waals surface area contributed by atoms with E-state index >= 15 is 0 Å². The minimum absolute atomic E-state index is 0.0317. The van der Waals surface area contributed by atoms with E-state index in [4.69, 9.17) is 10.5 Å². The van der Waals surface area contributed by atoms with Crippen LogP contribution in [0.15, 0.2) is 12.1 Å². The van der Waals surface area contributed by atoms with E-state index in [9.17, 15) is 4.79 Å². The second-order valence-electron chi connectivity index (χ2n) is 4.08. The predicted molar refractivity (Wildman–Crippen MR) is 68.2 cm³/mol. The Morgan fingerprint density at radius 3 is 2.71 bits per heavy atom. The van der Waals surface area contributed by atoms with Gasteiger partial charge in [0.05, 0.1) is 13.7 Å². The van der Waals surface area contributed by atoms with E-state index in [0.717, 1.165) is 23.3 Å². The smallest absolute Gasteiger partial charge is 0.233 e. The molecule has 1 amide bonds. The second-order valence-corrected chi connectivity index (χ2v) is 4.08. The van der Waals surface area contributed by atoms with Crippen molar-refractivity contribution in [1.29, 1.82) is 0 Å². The van der Waals surface area contributed by atoms with E-state index in [2.05, 4.69) is 24.4 Å². The third kappa shape index (κ3) is 3.75. The summed E-state index contributed by atoms with van der Waals surface area (Å²) >= 11 is 0. The Kier molecular flexibility index (Phi) is 4.97. The second kappa shape index (κ2) is 6.25. The van der Waals surface area contributed by atoms with Gasteiger partial charge in [0.15, 0.2) is 0 Å². The summed E-state index contributed by atoms with van der Waals surface area (Å²) in [5.74, 6) is 0.769. The number of hydrogen-bond donors (Lipinski definition) is 2. The average Bonchev–Trinajstić information content (AvgIpc) is 2.28. The van der Waals surface area contributed by atoms with Crippen LogP contribution < -0.4 is 15.8 Å². The van der Waals surface area contributed by atoms with Gasteiger partial charge in [0.25, 0.3) is 0 Å². The van der Waals surface area contributed by atoms with Crippen molar-refractivity contribution in [3.05, 3.63) is 28.8 Å². The maximum Gasteiger partial charge on any atom is 0.233 e. The lowest BCUT2D eigenvalue weighted by Crippen LogP contribution is -2.31. The van der Waals surface area contributed by atoms with Crippen LogP contribution >= 0.6 is 0 Å². The molecule has 4 nitrogen and oxygen atoms in total. The van der Waals surface area contributed by atoms with Gasteiger partial charge in [-0.05, 0) is 31.4 Å². The molecule has 0 heterocycles. The van der Waals surface area contributed by atoms with Gasteiger partial charge in [-0.2, -0.15) is 0 Å². The first-order chi connectivity index (χ1) is 8.08. The molecule has 0 aliphatic rings. The molecule has 0 radical (unpaired) electrons. The molecule has 1 rings (SSSR count). The number of ether oxygens (including phenoxy) is 1. The molecular formula is C13H20N2O2. The molecule has 1 aromatic carbocycles. The van der Waals surface area contributed by atoms with Gasteiger partial charge in [-0.1, -0.05) is 17.7 Å². The van der Waals surface area contributed by atoms with Crippen LogP contribution in [-0.4, -0.2) is 26.1 Å². The quantitative estimate of drug-likeness (QED) is 0.799. The fourth-order valence-electron chi connectivity index (χ4n) is 1.93. The maximum atomic E-state index is 11.0. The van der Waals surface area contributed by atoms with Gasteiger partial charge < -0.3 is 15.8 Å². The number of benzene rings is 1. The summed E-state index contributed by atoms with van der Waals surface area (Å²) in [6.45, 7) is 4.68. The molecule has 4 heteroatoms. The maximum absolute atomic E-state index is 11.0. The van der Waals surface area contributed by atoms with E-state index in [-0.39, 0.29) is 12.5 Å². The van der Waals surface area contributed by atoms with Crippen LogP contribution in [0.25, 0.3) is 0 Å². The molecule has 0 saturated carbocycles. The zero-order valence-electron chi connectivity index (χ0n) is 10.7. The molecule has 0 saturated heterocycles. The summed E-state index contributed by atoms with van der Waals surface area (Å²) < 4.78 is 5.38. The number of hydrogen-bond acceptors (Lipinski definition) is 3. The first kappa shape index (κ1) is 13.5. The number of nitrogens with two attached hydrogens (primary N) is 1. The van der Waals surface area contributed by atoms with Crippen LogP contribution in [0.4, 0.5) is 0 Å². The van der Waals surface area contributed by atoms with Crippen LogP contribution in [-0.2, 0) is 11.2 Å². The van der Waals surface area contributed by atoms with Crippen molar-refractivity contribution >= 4 is 5.91 Å². The Balaban J connectivity index is 2.72. The van der Waals surface area contributed by atoms with E-state index in [1.54, 1.807) is 7.11 Å². The van der Waals surface area contributed by atoms with E-state index in [1.165, 1.54) is 5.56 Å². The van der Waals surface area contributed by atoms with Crippen LogP contribution in [0.5, 0.6) is 5.75 Å². The number of carbonyl (C=O) groups excluding carboxylic acids is 1. The molecule has 0 bridgehead atoms. The third-order valence-electron chi connectivity index (χ3n) is 2.60. The normalized spacial score (nSPS) is 10.1. The SMILES string of the molecule is COc1c(C)cc(C)cc1CCNC(=O)CN. The monoisotopic (exact) mass is 236 g/mol. The minimum Gasteiger partial charge on any atom is -0.496 e. The standard InChI is InChI=1S/C13H20N2O2/c1-9-6-10(2)13(17-3)11(7-9)4-5-15-12(16)8-14/h6-7H,4-5,8,14H2,1-3H3,(H,15,16). The van der Waals surface area contributed by atoms with Gasteiger partial charge in [-0.25, -0.2) is 0 Å². The first-order valence-corrected chi connectivity index (χ1v) is 5.69. The fraction of sp³-hybridized carbons (Fsp3) is 0.462. The van der Waals surface area contributed by atoms with Crippen molar-refractivity contribution in [2.75, 3.05) is 20.2 Å². The van der Waals surface area contributed by atoms with Crippen molar-refractivity contribution in [3.8, 4) is 5.75 Å². The molecule has 0 fully saturated rings. The lowest BCUT2D eigenvalue weighted by atomic mass is 10.0. The third-order valence-corrected chi connectivity index (χ3v) is 2.60. The van der Waals surface area contributed by atoms with Gasteiger partial charge in [0, 0.05) is 6.54 Å². The lowest BCUT2D eigenvalue weighted by molar-refractivity contribution is -0.119. The highest BCUT2D eigenvalue weighted by Crippen LogP contribution is 2.25. The molecule has 1 aromatic rings. The number of carbonyl (C=O) groups is 1. The Bertz CT molecular complexity index is 403. The fourth-order valence-corrected chi connectivity index (χ4v) is 1.93. The Labute approximate surface area is 102 Å². The molecule has 0 aliphatic carbocycles. The highest BCUT2D eigenvalue weighted by atomic mass is 16.5. The molecule has 0 atom stereocenters. The van der Waals surface area contributed by atoms with E-state index < -0.39 is 0 Å². The largest absolute Gasteiger partial charge is 0.496 e. The highest BCUT2D eigenvalue weighted by molar-refractivity contribution is 5.77. The zero-order chi connectivity index (χ0) is 12.8. The minimum atomic E-state index is -0.131. The lowest BCUT2D eigenvalue weighted by Gasteiger charge is -2.13. The Morgan fingerprint density at radius 1 is 1.41 bits per heavy atom. The van der Waals surface area contributed by atoms with Crippen molar-refractivity contribution in [3.63, 3.8) is 0 Å². The molecule has 3 N–H and O–H groups in total.